The quantitative estimate of drug-likeness (QED) is 0.698. The highest BCUT2D eigenvalue weighted by Crippen LogP contribution is 2.30. The van der Waals surface area contributed by atoms with Gasteiger partial charge in [-0.1, -0.05) is 12.1 Å². The van der Waals surface area contributed by atoms with Crippen LogP contribution in [0.4, 0.5) is 10.5 Å². The fourth-order valence-electron chi connectivity index (χ4n) is 3.40. The van der Waals surface area contributed by atoms with Gasteiger partial charge < -0.3 is 15.0 Å². The van der Waals surface area contributed by atoms with Crippen LogP contribution in [0.3, 0.4) is 0 Å². The van der Waals surface area contributed by atoms with Crippen LogP contribution < -0.4 is 10.1 Å². The Morgan fingerprint density at radius 1 is 1.07 bits per heavy atom. The van der Waals surface area contributed by atoms with Crippen LogP contribution in [0.15, 0.2) is 55.1 Å². The van der Waals surface area contributed by atoms with Crippen molar-refractivity contribution in [3.05, 3.63) is 71.8 Å². The molecule has 1 aromatic heterocycles. The first-order valence-corrected chi connectivity index (χ1v) is 9.67. The maximum Gasteiger partial charge on any atom is 0.322 e. The first-order valence-electron chi connectivity index (χ1n) is 9.67. The Morgan fingerprint density at radius 2 is 1.86 bits per heavy atom. The lowest BCUT2D eigenvalue weighted by molar-refractivity contribution is 0.168. The molecule has 1 atom stereocenters. The summed E-state index contributed by atoms with van der Waals surface area (Å²) in [4.78, 5) is 23.0. The Bertz CT molecular complexity index is 1040. The van der Waals surface area contributed by atoms with Gasteiger partial charge in [-0.3, -0.25) is 0 Å². The number of nitrogens with one attached hydrogen (secondary N) is 1. The Kier molecular flexibility index (Phi) is 5.16. The van der Waals surface area contributed by atoms with E-state index < -0.39 is 0 Å². The summed E-state index contributed by atoms with van der Waals surface area (Å²) in [6.07, 6.45) is 5.06. The molecule has 0 bridgehead atoms. The number of benzene rings is 2. The zero-order chi connectivity index (χ0) is 20.4. The Hall–Kier alpha value is -3.41. The second-order valence-electron chi connectivity index (χ2n) is 7.47. The van der Waals surface area contributed by atoms with Crippen LogP contribution in [0.1, 0.15) is 23.6 Å². The van der Waals surface area contributed by atoms with E-state index in [0.29, 0.717) is 13.2 Å². The third-order valence-electron chi connectivity index (χ3n) is 5.33. The lowest BCUT2D eigenvalue weighted by atomic mass is 10.0. The second-order valence-corrected chi connectivity index (χ2v) is 7.47. The number of nitrogens with zero attached hydrogens (tertiary/aromatic N) is 3. The van der Waals surface area contributed by atoms with E-state index in [1.807, 2.05) is 55.1 Å². The van der Waals surface area contributed by atoms with Crippen molar-refractivity contribution < 1.29 is 9.53 Å². The van der Waals surface area contributed by atoms with Gasteiger partial charge in [0, 0.05) is 29.2 Å². The minimum Gasteiger partial charge on any atom is -0.491 e. The van der Waals surface area contributed by atoms with Crippen molar-refractivity contribution >= 4 is 11.7 Å². The van der Waals surface area contributed by atoms with Crippen LogP contribution >= 0.6 is 0 Å². The second kappa shape index (κ2) is 7.91. The van der Waals surface area contributed by atoms with Crippen LogP contribution in [0, 0.1) is 13.8 Å². The Balaban J connectivity index is 1.59. The predicted octanol–water partition coefficient (Wildman–Crippen LogP) is 4.58. The smallest absolute Gasteiger partial charge is 0.322 e. The number of anilines is 1. The third-order valence-corrected chi connectivity index (χ3v) is 5.33. The van der Waals surface area contributed by atoms with Crippen molar-refractivity contribution in [2.75, 3.05) is 11.9 Å². The van der Waals surface area contributed by atoms with Crippen LogP contribution in [0.5, 0.6) is 5.75 Å². The summed E-state index contributed by atoms with van der Waals surface area (Å²) in [6.45, 7) is 7.01. The number of amides is 2. The van der Waals surface area contributed by atoms with E-state index in [1.165, 1.54) is 11.9 Å². The van der Waals surface area contributed by atoms with Gasteiger partial charge in [-0.25, -0.2) is 14.8 Å². The summed E-state index contributed by atoms with van der Waals surface area (Å²) < 4.78 is 5.96. The molecular formula is C23H24N4O2. The number of fused-ring (bicyclic) bond motifs is 1. The molecule has 0 spiro atoms. The van der Waals surface area contributed by atoms with Gasteiger partial charge in [0.1, 0.15) is 18.7 Å². The van der Waals surface area contributed by atoms with Crippen LogP contribution in [0.25, 0.3) is 11.1 Å². The van der Waals surface area contributed by atoms with Crippen molar-refractivity contribution in [2.45, 2.75) is 33.4 Å². The highest BCUT2D eigenvalue weighted by atomic mass is 16.5. The molecule has 3 aromatic rings. The third kappa shape index (κ3) is 4.06. The maximum absolute atomic E-state index is 13.0. The van der Waals surface area contributed by atoms with Gasteiger partial charge in [0.15, 0.2) is 0 Å². The molecule has 148 valence electrons. The van der Waals surface area contributed by atoms with Crippen LogP contribution in [-0.2, 0) is 6.54 Å². The Labute approximate surface area is 170 Å². The number of hydrogen-bond acceptors (Lipinski definition) is 4. The number of carbonyl (C=O) groups excluding carboxylic acids is 1. The summed E-state index contributed by atoms with van der Waals surface area (Å²) in [5, 5.41) is 3.03. The SMILES string of the molecule is Cc1ccc(NC(=O)N2Cc3cc(-c4cncnc4)ccc3OC[C@H]2C)cc1C. The predicted molar refractivity (Wildman–Crippen MR) is 113 cm³/mol. The van der Waals surface area contributed by atoms with Crippen LogP contribution in [-0.4, -0.2) is 33.5 Å². The molecule has 6 nitrogen and oxygen atoms in total. The summed E-state index contributed by atoms with van der Waals surface area (Å²) in [5.41, 5.74) is 6.04. The molecule has 1 aliphatic rings. The molecule has 0 radical (unpaired) electrons. The molecule has 2 heterocycles. The number of aromatic nitrogens is 2. The maximum atomic E-state index is 13.0. The monoisotopic (exact) mass is 388 g/mol. The highest BCUT2D eigenvalue weighted by molar-refractivity contribution is 5.89. The fraction of sp³-hybridized carbons (Fsp3) is 0.261. The molecule has 0 aliphatic carbocycles. The van der Waals surface area contributed by atoms with E-state index >= 15 is 0 Å². The van der Waals surface area contributed by atoms with Crippen molar-refractivity contribution in [1.82, 2.24) is 14.9 Å². The molecule has 6 heteroatoms. The Morgan fingerprint density at radius 3 is 2.62 bits per heavy atom. The minimum absolute atomic E-state index is 0.0579. The van der Waals surface area contributed by atoms with Crippen molar-refractivity contribution in [1.29, 1.82) is 0 Å². The number of carbonyl (C=O) groups is 1. The number of hydrogen-bond donors (Lipinski definition) is 1. The van der Waals surface area contributed by atoms with Crippen molar-refractivity contribution in [3.8, 4) is 16.9 Å². The summed E-state index contributed by atoms with van der Waals surface area (Å²) in [6, 6.07) is 11.7. The standard InChI is InChI=1S/C23H24N4O2/c1-15-4-6-21(8-16(15)2)26-23(28)27-12-19-9-18(20-10-24-14-25-11-20)5-7-22(19)29-13-17(27)3/h4-11,14,17H,12-13H2,1-3H3,(H,26,28)/t17-/m1/s1. The fourth-order valence-corrected chi connectivity index (χ4v) is 3.40. The van der Waals surface area contributed by atoms with Gasteiger partial charge in [-0.2, -0.15) is 0 Å². The van der Waals surface area contributed by atoms with E-state index in [-0.39, 0.29) is 12.1 Å². The average molecular weight is 388 g/mol. The topological polar surface area (TPSA) is 67.4 Å². The lowest BCUT2D eigenvalue weighted by Crippen LogP contribution is -2.42. The molecule has 2 amide bonds. The molecule has 2 aromatic carbocycles. The number of aryl methyl sites for hydroxylation is 2. The van der Waals surface area contributed by atoms with E-state index in [4.69, 9.17) is 4.74 Å². The molecule has 29 heavy (non-hydrogen) atoms. The zero-order valence-corrected chi connectivity index (χ0v) is 16.8. The summed E-state index contributed by atoms with van der Waals surface area (Å²) >= 11 is 0. The number of ether oxygens (including phenoxy) is 1. The molecule has 0 fully saturated rings. The summed E-state index contributed by atoms with van der Waals surface area (Å²) in [5.74, 6) is 0.805. The van der Waals surface area contributed by atoms with E-state index in [9.17, 15) is 4.79 Å². The molecule has 0 saturated carbocycles. The van der Waals surface area contributed by atoms with Crippen molar-refractivity contribution in [3.63, 3.8) is 0 Å². The summed E-state index contributed by atoms with van der Waals surface area (Å²) in [7, 11) is 0. The van der Waals surface area contributed by atoms with E-state index in [1.54, 1.807) is 12.4 Å². The first-order chi connectivity index (χ1) is 14.0. The normalized spacial score (nSPS) is 15.8. The van der Waals surface area contributed by atoms with E-state index in [0.717, 1.165) is 33.7 Å². The molecule has 1 aliphatic heterocycles. The largest absolute Gasteiger partial charge is 0.491 e. The van der Waals surface area contributed by atoms with E-state index in [2.05, 4.69) is 22.2 Å². The first kappa shape index (κ1) is 18.9. The molecule has 0 unspecified atom stereocenters. The lowest BCUT2D eigenvalue weighted by Gasteiger charge is -2.26. The molecule has 4 rings (SSSR count). The van der Waals surface area contributed by atoms with Gasteiger partial charge in [0.25, 0.3) is 0 Å². The molecule has 0 saturated heterocycles. The minimum atomic E-state index is -0.134. The van der Waals surface area contributed by atoms with Gasteiger partial charge >= 0.3 is 6.03 Å². The number of rotatable bonds is 2. The molecular weight excluding hydrogens is 364 g/mol. The average Bonchev–Trinajstić information content (AvgIpc) is 2.90. The van der Waals surface area contributed by atoms with Gasteiger partial charge in [0.05, 0.1) is 12.6 Å². The van der Waals surface area contributed by atoms with Crippen molar-refractivity contribution in [2.24, 2.45) is 0 Å². The van der Waals surface area contributed by atoms with Crippen LogP contribution in [0.2, 0.25) is 0 Å². The van der Waals surface area contributed by atoms with Gasteiger partial charge in [-0.05, 0) is 61.7 Å². The molecule has 1 N–H and O–H groups in total. The number of urea groups is 1. The highest BCUT2D eigenvalue weighted by Gasteiger charge is 2.26. The van der Waals surface area contributed by atoms with Gasteiger partial charge in [-0.15, -0.1) is 0 Å². The zero-order valence-electron chi connectivity index (χ0n) is 16.8. The van der Waals surface area contributed by atoms with Gasteiger partial charge in [0.2, 0.25) is 0 Å².